The van der Waals surface area contributed by atoms with Crippen LogP contribution in [0.15, 0.2) is 21.3 Å². The Morgan fingerprint density at radius 2 is 1.75 bits per heavy atom. The average Bonchev–Trinajstić information content (AvgIpc) is 2.22. The van der Waals surface area contributed by atoms with Crippen LogP contribution in [0.5, 0.6) is 0 Å². The van der Waals surface area contributed by atoms with E-state index in [0.29, 0.717) is 0 Å². The Kier molecular flexibility index (Phi) is 5.91. The van der Waals surface area contributed by atoms with Gasteiger partial charge in [-0.2, -0.15) is 0 Å². The summed E-state index contributed by atoms with van der Waals surface area (Å²) in [6.45, 7) is 4.16. The molecule has 0 aliphatic heterocycles. The molecule has 2 nitrogen and oxygen atoms in total. The van der Waals surface area contributed by atoms with Gasteiger partial charge < -0.3 is 4.42 Å². The van der Waals surface area contributed by atoms with E-state index >= 15 is 0 Å². The van der Waals surface area contributed by atoms with Crippen molar-refractivity contribution < 1.29 is 4.42 Å². The molecule has 0 atom stereocenters. The number of rotatable bonds is 7. The highest BCUT2D eigenvalue weighted by Gasteiger charge is 1.99. The first-order valence-electron chi connectivity index (χ1n) is 6.33. The van der Waals surface area contributed by atoms with Gasteiger partial charge in [-0.3, -0.25) is 0 Å². The summed E-state index contributed by atoms with van der Waals surface area (Å²) in [5.41, 5.74) is 0.776. The summed E-state index contributed by atoms with van der Waals surface area (Å²) >= 11 is 0. The van der Waals surface area contributed by atoms with E-state index in [2.05, 4.69) is 6.92 Å². The van der Waals surface area contributed by atoms with Gasteiger partial charge in [0.2, 0.25) is 0 Å². The van der Waals surface area contributed by atoms with Crippen molar-refractivity contribution in [2.45, 2.75) is 58.8 Å². The number of aryl methyl sites for hydroxylation is 2. The van der Waals surface area contributed by atoms with Crippen LogP contribution in [-0.2, 0) is 6.42 Å². The lowest BCUT2D eigenvalue weighted by atomic mass is 10.1. The average molecular weight is 222 g/mol. The maximum Gasteiger partial charge on any atom is 0.336 e. The van der Waals surface area contributed by atoms with Crippen LogP contribution >= 0.6 is 0 Å². The fourth-order valence-electron chi connectivity index (χ4n) is 1.87. The minimum absolute atomic E-state index is 0.221. The molecule has 0 aliphatic rings. The standard InChI is InChI=1S/C14H22O2/c1-3-4-5-6-7-8-9-13-10-12(2)11-14(15)16-13/h10-11H,3-9H2,1-2H3. The molecule has 0 spiro atoms. The summed E-state index contributed by atoms with van der Waals surface area (Å²) in [6, 6.07) is 3.50. The van der Waals surface area contributed by atoms with E-state index in [1.165, 1.54) is 38.2 Å². The molecule has 1 heterocycles. The van der Waals surface area contributed by atoms with Crippen molar-refractivity contribution in [3.05, 3.63) is 33.9 Å². The van der Waals surface area contributed by atoms with E-state index in [1.54, 1.807) is 0 Å². The maximum absolute atomic E-state index is 11.1. The SMILES string of the molecule is CCCCCCCCc1cc(C)cc(=O)o1. The van der Waals surface area contributed by atoms with Crippen LogP contribution in [-0.4, -0.2) is 0 Å². The monoisotopic (exact) mass is 222 g/mol. The van der Waals surface area contributed by atoms with Crippen LogP contribution in [0.3, 0.4) is 0 Å². The number of hydrogen-bond donors (Lipinski definition) is 0. The van der Waals surface area contributed by atoms with Crippen molar-refractivity contribution in [2.75, 3.05) is 0 Å². The maximum atomic E-state index is 11.1. The zero-order valence-corrected chi connectivity index (χ0v) is 10.4. The fraction of sp³-hybridized carbons (Fsp3) is 0.643. The Morgan fingerprint density at radius 3 is 2.44 bits per heavy atom. The molecule has 2 heteroatoms. The van der Waals surface area contributed by atoms with Crippen molar-refractivity contribution in [3.8, 4) is 0 Å². The molecule has 1 aromatic rings. The molecule has 0 unspecified atom stereocenters. The van der Waals surface area contributed by atoms with Gasteiger partial charge >= 0.3 is 5.63 Å². The molecule has 0 aromatic carbocycles. The van der Waals surface area contributed by atoms with E-state index in [-0.39, 0.29) is 5.63 Å². The predicted molar refractivity (Wildman–Crippen MR) is 66.8 cm³/mol. The summed E-state index contributed by atoms with van der Waals surface area (Å²) in [5, 5.41) is 0. The molecule has 0 amide bonds. The molecule has 0 aliphatic carbocycles. The molecule has 0 radical (unpaired) electrons. The second kappa shape index (κ2) is 7.26. The van der Waals surface area contributed by atoms with Crippen molar-refractivity contribution in [1.29, 1.82) is 0 Å². The Balaban J connectivity index is 2.24. The van der Waals surface area contributed by atoms with Crippen molar-refractivity contribution in [2.24, 2.45) is 0 Å². The third-order valence-electron chi connectivity index (χ3n) is 2.74. The third-order valence-corrected chi connectivity index (χ3v) is 2.74. The molecule has 1 rings (SSSR count). The third kappa shape index (κ3) is 5.15. The van der Waals surface area contributed by atoms with Gasteiger partial charge in [-0.1, -0.05) is 39.0 Å². The van der Waals surface area contributed by atoms with Gasteiger partial charge in [-0.05, 0) is 25.0 Å². The zero-order chi connectivity index (χ0) is 11.8. The first-order chi connectivity index (χ1) is 7.72. The number of unbranched alkanes of at least 4 members (excludes halogenated alkanes) is 5. The molecule has 90 valence electrons. The zero-order valence-electron chi connectivity index (χ0n) is 10.4. The molecule has 0 saturated heterocycles. The topological polar surface area (TPSA) is 30.2 Å². The van der Waals surface area contributed by atoms with Crippen molar-refractivity contribution >= 4 is 0 Å². The lowest BCUT2D eigenvalue weighted by molar-refractivity contribution is 0.447. The minimum atomic E-state index is -0.221. The molecule has 0 saturated carbocycles. The van der Waals surface area contributed by atoms with Gasteiger partial charge in [0.15, 0.2) is 0 Å². The molecule has 1 aromatic heterocycles. The van der Waals surface area contributed by atoms with Gasteiger partial charge in [-0.25, -0.2) is 4.79 Å². The van der Waals surface area contributed by atoms with Crippen LogP contribution in [0.1, 0.15) is 56.8 Å². The minimum Gasteiger partial charge on any atom is -0.428 e. The second-order valence-corrected chi connectivity index (χ2v) is 4.44. The summed E-state index contributed by atoms with van der Waals surface area (Å²) in [7, 11) is 0. The Bertz CT molecular complexity index is 352. The Hall–Kier alpha value is -1.05. The quantitative estimate of drug-likeness (QED) is 0.656. The van der Waals surface area contributed by atoms with Crippen LogP contribution in [0.2, 0.25) is 0 Å². The normalized spacial score (nSPS) is 10.6. The van der Waals surface area contributed by atoms with Crippen LogP contribution in [0, 0.1) is 6.92 Å². The Labute approximate surface area is 97.7 Å². The highest BCUT2D eigenvalue weighted by Crippen LogP contribution is 2.09. The summed E-state index contributed by atoms with van der Waals surface area (Å²) < 4.78 is 5.13. The van der Waals surface area contributed by atoms with E-state index in [4.69, 9.17) is 4.42 Å². The van der Waals surface area contributed by atoms with E-state index in [1.807, 2.05) is 13.0 Å². The van der Waals surface area contributed by atoms with Gasteiger partial charge in [0.05, 0.1) is 0 Å². The Morgan fingerprint density at radius 1 is 1.06 bits per heavy atom. The van der Waals surface area contributed by atoms with Crippen LogP contribution in [0.25, 0.3) is 0 Å². The van der Waals surface area contributed by atoms with Gasteiger partial charge in [0, 0.05) is 12.5 Å². The molecule has 0 N–H and O–H groups in total. The fourth-order valence-corrected chi connectivity index (χ4v) is 1.87. The molecule has 0 bridgehead atoms. The molecular weight excluding hydrogens is 200 g/mol. The van der Waals surface area contributed by atoms with Gasteiger partial charge in [0.1, 0.15) is 5.76 Å². The summed E-state index contributed by atoms with van der Waals surface area (Å²) in [5.74, 6) is 0.834. The number of hydrogen-bond acceptors (Lipinski definition) is 2. The first kappa shape index (κ1) is 13.0. The molecular formula is C14H22O2. The predicted octanol–water partition coefficient (Wildman–Crippen LogP) is 3.85. The highest BCUT2D eigenvalue weighted by atomic mass is 16.4. The highest BCUT2D eigenvalue weighted by molar-refractivity contribution is 5.11. The van der Waals surface area contributed by atoms with Crippen molar-refractivity contribution in [3.63, 3.8) is 0 Å². The van der Waals surface area contributed by atoms with Gasteiger partial charge in [0.25, 0.3) is 0 Å². The van der Waals surface area contributed by atoms with E-state index in [0.717, 1.165) is 24.2 Å². The van der Waals surface area contributed by atoms with Gasteiger partial charge in [-0.15, -0.1) is 0 Å². The molecule has 16 heavy (non-hydrogen) atoms. The first-order valence-corrected chi connectivity index (χ1v) is 6.33. The summed E-state index contributed by atoms with van der Waals surface area (Å²) in [6.07, 6.45) is 8.49. The lowest BCUT2D eigenvalue weighted by Crippen LogP contribution is -2.00. The summed E-state index contributed by atoms with van der Waals surface area (Å²) in [4.78, 5) is 11.1. The largest absolute Gasteiger partial charge is 0.428 e. The smallest absolute Gasteiger partial charge is 0.336 e. The molecule has 0 fully saturated rings. The van der Waals surface area contributed by atoms with Crippen LogP contribution < -0.4 is 5.63 Å². The van der Waals surface area contributed by atoms with Crippen molar-refractivity contribution in [1.82, 2.24) is 0 Å². The lowest BCUT2D eigenvalue weighted by Gasteiger charge is -2.01. The van der Waals surface area contributed by atoms with E-state index < -0.39 is 0 Å². The van der Waals surface area contributed by atoms with Crippen LogP contribution in [0.4, 0.5) is 0 Å². The second-order valence-electron chi connectivity index (χ2n) is 4.44. The van der Waals surface area contributed by atoms with E-state index in [9.17, 15) is 4.79 Å².